The number of carbonyl (C=O) groups excluding carboxylic acids is 2. The van der Waals surface area contributed by atoms with Crippen LogP contribution >= 0.6 is 0 Å². The fourth-order valence-corrected chi connectivity index (χ4v) is 5.43. The minimum absolute atomic E-state index is 0.0153. The van der Waals surface area contributed by atoms with E-state index >= 15 is 0 Å². The molecule has 6 nitrogen and oxygen atoms in total. The number of imidazole rings is 1. The van der Waals surface area contributed by atoms with Gasteiger partial charge in [0.25, 0.3) is 5.91 Å². The second kappa shape index (κ2) is 6.76. The van der Waals surface area contributed by atoms with Crippen LogP contribution in [0.2, 0.25) is 0 Å². The van der Waals surface area contributed by atoms with Gasteiger partial charge in [0.1, 0.15) is 5.69 Å². The number of H-pyrrole nitrogens is 1. The van der Waals surface area contributed by atoms with Crippen molar-refractivity contribution in [2.75, 3.05) is 26.2 Å². The van der Waals surface area contributed by atoms with E-state index in [4.69, 9.17) is 0 Å². The van der Waals surface area contributed by atoms with E-state index in [2.05, 4.69) is 39.1 Å². The Labute approximate surface area is 164 Å². The molecule has 0 bridgehead atoms. The summed E-state index contributed by atoms with van der Waals surface area (Å²) in [5, 5.41) is 0. The Bertz CT molecular complexity index is 878. The number of nitrogens with zero attached hydrogens (tertiary/aromatic N) is 3. The highest BCUT2D eigenvalue weighted by atomic mass is 16.2. The Kier molecular flexibility index (Phi) is 4.22. The SMILES string of the molecule is O=C(c1cnc[nH]1)N1CCC2(CC1)CC(C(=O)N1CCCC1)c1ccccc12. The number of aromatic nitrogens is 2. The van der Waals surface area contributed by atoms with Crippen LogP contribution in [-0.4, -0.2) is 57.8 Å². The first-order chi connectivity index (χ1) is 13.7. The van der Waals surface area contributed by atoms with Crippen LogP contribution in [0.1, 0.15) is 59.6 Å². The Hall–Kier alpha value is -2.63. The number of benzene rings is 1. The molecule has 2 saturated heterocycles. The molecule has 2 aromatic rings. The second-order valence-electron chi connectivity index (χ2n) is 8.41. The van der Waals surface area contributed by atoms with Crippen LogP contribution < -0.4 is 0 Å². The van der Waals surface area contributed by atoms with Gasteiger partial charge in [0.05, 0.1) is 18.4 Å². The van der Waals surface area contributed by atoms with E-state index in [0.717, 1.165) is 58.3 Å². The highest BCUT2D eigenvalue weighted by Gasteiger charge is 2.48. The fraction of sp³-hybridized carbons (Fsp3) is 0.500. The van der Waals surface area contributed by atoms with E-state index in [9.17, 15) is 9.59 Å². The summed E-state index contributed by atoms with van der Waals surface area (Å²) in [5.41, 5.74) is 3.11. The summed E-state index contributed by atoms with van der Waals surface area (Å²) in [6.07, 6.45) is 8.07. The Balaban J connectivity index is 1.37. The number of hydrogen-bond acceptors (Lipinski definition) is 3. The number of hydrogen-bond donors (Lipinski definition) is 1. The Morgan fingerprint density at radius 2 is 1.79 bits per heavy atom. The van der Waals surface area contributed by atoms with Crippen LogP contribution in [0, 0.1) is 0 Å². The molecule has 1 aromatic heterocycles. The van der Waals surface area contributed by atoms with E-state index in [0.29, 0.717) is 11.6 Å². The van der Waals surface area contributed by atoms with Gasteiger partial charge in [-0.25, -0.2) is 4.98 Å². The van der Waals surface area contributed by atoms with Crippen LogP contribution in [0.25, 0.3) is 0 Å². The van der Waals surface area contributed by atoms with Crippen molar-refractivity contribution in [1.82, 2.24) is 19.8 Å². The van der Waals surface area contributed by atoms with E-state index in [-0.39, 0.29) is 17.2 Å². The van der Waals surface area contributed by atoms with Crippen LogP contribution in [0.3, 0.4) is 0 Å². The summed E-state index contributed by atoms with van der Waals surface area (Å²) in [7, 11) is 0. The molecule has 2 aliphatic heterocycles. The van der Waals surface area contributed by atoms with Crippen LogP contribution in [0.5, 0.6) is 0 Å². The van der Waals surface area contributed by atoms with E-state index in [1.54, 1.807) is 12.5 Å². The van der Waals surface area contributed by atoms with Gasteiger partial charge in [-0.05, 0) is 43.2 Å². The van der Waals surface area contributed by atoms with Gasteiger partial charge in [-0.1, -0.05) is 24.3 Å². The minimum Gasteiger partial charge on any atom is -0.342 e. The van der Waals surface area contributed by atoms with Crippen LogP contribution in [0.15, 0.2) is 36.8 Å². The first-order valence-electron chi connectivity index (χ1n) is 10.3. The zero-order valence-electron chi connectivity index (χ0n) is 16.1. The van der Waals surface area contributed by atoms with E-state index in [1.165, 1.54) is 11.1 Å². The number of piperidine rings is 1. The van der Waals surface area contributed by atoms with Crippen molar-refractivity contribution < 1.29 is 9.59 Å². The zero-order chi connectivity index (χ0) is 19.1. The molecule has 1 N–H and O–H groups in total. The predicted molar refractivity (Wildman–Crippen MR) is 105 cm³/mol. The number of likely N-dealkylation sites (tertiary alicyclic amines) is 2. The van der Waals surface area contributed by atoms with Gasteiger partial charge >= 0.3 is 0 Å². The maximum absolute atomic E-state index is 13.2. The first kappa shape index (κ1) is 17.5. The molecule has 5 rings (SSSR count). The van der Waals surface area contributed by atoms with E-state index < -0.39 is 0 Å². The lowest BCUT2D eigenvalue weighted by atomic mass is 9.73. The summed E-state index contributed by atoms with van der Waals surface area (Å²) in [6.45, 7) is 3.24. The van der Waals surface area contributed by atoms with Gasteiger partial charge in [0.15, 0.2) is 0 Å². The van der Waals surface area contributed by atoms with Crippen molar-refractivity contribution >= 4 is 11.8 Å². The summed E-state index contributed by atoms with van der Waals surface area (Å²) < 4.78 is 0. The number of fused-ring (bicyclic) bond motifs is 2. The van der Waals surface area contributed by atoms with Crippen LogP contribution in [0.4, 0.5) is 0 Å². The van der Waals surface area contributed by atoms with E-state index in [1.807, 2.05) is 4.90 Å². The number of carbonyl (C=O) groups is 2. The number of amides is 2. The number of rotatable bonds is 2. The molecule has 6 heteroatoms. The van der Waals surface area contributed by atoms with Gasteiger partial charge < -0.3 is 14.8 Å². The molecule has 2 fully saturated rings. The maximum atomic E-state index is 13.2. The normalized spacial score (nSPS) is 23.2. The van der Waals surface area contributed by atoms with Gasteiger partial charge in [-0.3, -0.25) is 9.59 Å². The first-order valence-corrected chi connectivity index (χ1v) is 10.3. The largest absolute Gasteiger partial charge is 0.342 e. The summed E-state index contributed by atoms with van der Waals surface area (Å²) >= 11 is 0. The number of nitrogens with one attached hydrogen (secondary N) is 1. The molecular formula is C22H26N4O2. The van der Waals surface area contributed by atoms with Crippen molar-refractivity contribution in [2.45, 2.75) is 43.4 Å². The highest BCUT2D eigenvalue weighted by molar-refractivity contribution is 5.92. The van der Waals surface area contributed by atoms with Crippen molar-refractivity contribution in [3.8, 4) is 0 Å². The molecule has 1 aliphatic carbocycles. The zero-order valence-corrected chi connectivity index (χ0v) is 16.1. The lowest BCUT2D eigenvalue weighted by Gasteiger charge is -2.40. The Morgan fingerprint density at radius 3 is 2.50 bits per heavy atom. The molecule has 1 atom stereocenters. The fourth-order valence-electron chi connectivity index (χ4n) is 5.43. The highest BCUT2D eigenvalue weighted by Crippen LogP contribution is 2.52. The molecular weight excluding hydrogens is 352 g/mol. The third-order valence-corrected chi connectivity index (χ3v) is 6.95. The van der Waals surface area contributed by atoms with Gasteiger partial charge in [-0.2, -0.15) is 0 Å². The topological polar surface area (TPSA) is 69.3 Å². The molecule has 1 aromatic carbocycles. The lowest BCUT2D eigenvalue weighted by molar-refractivity contribution is -0.132. The average Bonchev–Trinajstić information content (AvgIpc) is 3.49. The Morgan fingerprint density at radius 1 is 1.04 bits per heavy atom. The third kappa shape index (κ3) is 2.74. The molecule has 2 amide bonds. The van der Waals surface area contributed by atoms with Crippen molar-refractivity contribution in [1.29, 1.82) is 0 Å². The molecule has 146 valence electrons. The van der Waals surface area contributed by atoms with Gasteiger partial charge in [-0.15, -0.1) is 0 Å². The minimum atomic E-state index is -0.0239. The average molecular weight is 378 g/mol. The quantitative estimate of drug-likeness (QED) is 0.874. The van der Waals surface area contributed by atoms with Crippen LogP contribution in [-0.2, 0) is 10.2 Å². The second-order valence-corrected chi connectivity index (χ2v) is 8.41. The van der Waals surface area contributed by atoms with Crippen molar-refractivity contribution in [3.63, 3.8) is 0 Å². The predicted octanol–water partition coefficient (Wildman–Crippen LogP) is 2.69. The van der Waals surface area contributed by atoms with Gasteiger partial charge in [0.2, 0.25) is 5.91 Å². The molecule has 28 heavy (non-hydrogen) atoms. The molecule has 0 saturated carbocycles. The summed E-state index contributed by atoms with van der Waals surface area (Å²) in [5.74, 6) is 0.297. The standard InChI is InChI=1S/C22H26N4O2/c27-20(25-9-3-4-10-25)17-13-22(18-6-2-1-5-16(17)18)7-11-26(12-8-22)21(28)19-14-23-15-24-19/h1-2,5-6,14-15,17H,3-4,7-13H2,(H,23,24). The van der Waals surface area contributed by atoms with Crippen molar-refractivity contribution in [3.05, 3.63) is 53.6 Å². The molecule has 1 unspecified atom stereocenters. The van der Waals surface area contributed by atoms with Crippen molar-refractivity contribution in [2.24, 2.45) is 0 Å². The molecule has 3 heterocycles. The van der Waals surface area contributed by atoms with Gasteiger partial charge in [0, 0.05) is 31.6 Å². The maximum Gasteiger partial charge on any atom is 0.271 e. The smallest absolute Gasteiger partial charge is 0.271 e. The molecule has 1 spiro atoms. The lowest BCUT2D eigenvalue weighted by Crippen LogP contribution is -2.45. The third-order valence-electron chi connectivity index (χ3n) is 6.95. The number of aromatic amines is 1. The summed E-state index contributed by atoms with van der Waals surface area (Å²) in [6, 6.07) is 8.49. The molecule has 3 aliphatic rings. The monoisotopic (exact) mass is 378 g/mol. The molecule has 0 radical (unpaired) electrons. The summed E-state index contributed by atoms with van der Waals surface area (Å²) in [4.78, 5) is 36.7.